The van der Waals surface area contributed by atoms with Gasteiger partial charge in [-0.1, -0.05) is 24.3 Å². The molecule has 2 heterocycles. The maximum atomic E-state index is 13.0. The molecule has 2 aromatic heterocycles. The monoisotopic (exact) mass is 391 g/mol. The zero-order valence-corrected chi connectivity index (χ0v) is 16.0. The van der Waals surface area contributed by atoms with E-state index in [9.17, 15) is 9.18 Å². The summed E-state index contributed by atoms with van der Waals surface area (Å²) in [7, 11) is 1.94. The van der Waals surface area contributed by atoms with Crippen LogP contribution >= 0.6 is 11.3 Å². The largest absolute Gasteiger partial charge is 0.345 e. The fourth-order valence-electron chi connectivity index (χ4n) is 2.95. The molecular weight excluding hydrogens is 373 g/mol. The number of aromatic nitrogens is 2. The normalized spacial score (nSPS) is 11.4. The number of para-hydroxylation sites is 2. The molecule has 0 saturated heterocycles. The highest BCUT2D eigenvalue weighted by Crippen LogP contribution is 2.28. The summed E-state index contributed by atoms with van der Waals surface area (Å²) in [6, 6.07) is 18.2. The highest BCUT2D eigenvalue weighted by atomic mass is 32.1. The lowest BCUT2D eigenvalue weighted by molar-refractivity contribution is -0.116. The third-order valence-corrected chi connectivity index (χ3v) is 5.55. The van der Waals surface area contributed by atoms with E-state index in [1.165, 1.54) is 18.2 Å². The SMILES string of the molecule is Cn1c(CNC(=O)/C=C/c2ccc(-c3ccc(F)cc3)s2)nc2ccccc21. The molecule has 28 heavy (non-hydrogen) atoms. The number of hydrogen-bond acceptors (Lipinski definition) is 3. The van der Waals surface area contributed by atoms with Gasteiger partial charge in [0, 0.05) is 22.9 Å². The molecule has 1 N–H and O–H groups in total. The van der Waals surface area contributed by atoms with E-state index in [1.807, 2.05) is 48.0 Å². The molecule has 140 valence electrons. The van der Waals surface area contributed by atoms with Crippen LogP contribution < -0.4 is 5.32 Å². The van der Waals surface area contributed by atoms with Crippen LogP contribution in [0.1, 0.15) is 10.7 Å². The predicted octanol–water partition coefficient (Wildman–Crippen LogP) is 4.77. The van der Waals surface area contributed by atoms with Crippen molar-refractivity contribution >= 4 is 34.4 Å². The average Bonchev–Trinajstić information content (AvgIpc) is 3.30. The quantitative estimate of drug-likeness (QED) is 0.498. The number of thiophene rings is 1. The Morgan fingerprint density at radius 2 is 1.93 bits per heavy atom. The summed E-state index contributed by atoms with van der Waals surface area (Å²) >= 11 is 1.55. The van der Waals surface area contributed by atoms with E-state index in [0.717, 1.165) is 32.2 Å². The Balaban J connectivity index is 1.39. The van der Waals surface area contributed by atoms with Crippen molar-refractivity contribution in [2.24, 2.45) is 7.05 Å². The predicted molar refractivity (Wildman–Crippen MR) is 111 cm³/mol. The van der Waals surface area contributed by atoms with Crippen LogP contribution in [0, 0.1) is 5.82 Å². The lowest BCUT2D eigenvalue weighted by Gasteiger charge is -2.03. The van der Waals surface area contributed by atoms with Gasteiger partial charge in [0.2, 0.25) is 5.91 Å². The van der Waals surface area contributed by atoms with Gasteiger partial charge in [0.05, 0.1) is 17.6 Å². The van der Waals surface area contributed by atoms with E-state index in [-0.39, 0.29) is 11.7 Å². The molecule has 4 rings (SSSR count). The van der Waals surface area contributed by atoms with Gasteiger partial charge in [-0.25, -0.2) is 9.37 Å². The van der Waals surface area contributed by atoms with E-state index < -0.39 is 0 Å². The van der Waals surface area contributed by atoms with Crippen molar-refractivity contribution in [2.45, 2.75) is 6.54 Å². The van der Waals surface area contributed by atoms with Crippen LogP contribution in [0.3, 0.4) is 0 Å². The molecule has 0 aliphatic heterocycles. The molecular formula is C22H18FN3OS. The minimum Gasteiger partial charge on any atom is -0.345 e. The van der Waals surface area contributed by atoms with Crippen LogP contribution in [0.15, 0.2) is 66.7 Å². The van der Waals surface area contributed by atoms with Crippen molar-refractivity contribution in [2.75, 3.05) is 0 Å². The molecule has 2 aromatic carbocycles. The first kappa shape index (κ1) is 18.1. The number of carbonyl (C=O) groups is 1. The minimum atomic E-state index is -0.252. The molecule has 0 saturated carbocycles. The molecule has 0 fully saturated rings. The molecule has 0 unspecified atom stereocenters. The number of imidazole rings is 1. The molecule has 0 spiro atoms. The second-order valence-corrected chi connectivity index (χ2v) is 7.45. The smallest absolute Gasteiger partial charge is 0.244 e. The number of aryl methyl sites for hydroxylation is 1. The van der Waals surface area contributed by atoms with Gasteiger partial charge in [0.15, 0.2) is 0 Å². The van der Waals surface area contributed by atoms with Crippen molar-refractivity contribution in [1.29, 1.82) is 0 Å². The van der Waals surface area contributed by atoms with Crippen molar-refractivity contribution in [1.82, 2.24) is 14.9 Å². The van der Waals surface area contributed by atoms with Crippen molar-refractivity contribution in [3.05, 3.63) is 83.3 Å². The second-order valence-electron chi connectivity index (χ2n) is 6.34. The van der Waals surface area contributed by atoms with Gasteiger partial charge in [-0.05, 0) is 48.0 Å². The lowest BCUT2D eigenvalue weighted by Crippen LogP contribution is -2.22. The van der Waals surface area contributed by atoms with E-state index >= 15 is 0 Å². The maximum Gasteiger partial charge on any atom is 0.244 e. The van der Waals surface area contributed by atoms with E-state index in [4.69, 9.17) is 0 Å². The van der Waals surface area contributed by atoms with Crippen LogP contribution in [-0.4, -0.2) is 15.5 Å². The van der Waals surface area contributed by atoms with Gasteiger partial charge >= 0.3 is 0 Å². The lowest BCUT2D eigenvalue weighted by atomic mass is 10.2. The molecule has 4 aromatic rings. The highest BCUT2D eigenvalue weighted by molar-refractivity contribution is 7.16. The van der Waals surface area contributed by atoms with Crippen molar-refractivity contribution in [3.63, 3.8) is 0 Å². The third-order valence-electron chi connectivity index (χ3n) is 4.45. The van der Waals surface area contributed by atoms with Gasteiger partial charge in [-0.2, -0.15) is 0 Å². The molecule has 1 amide bonds. The van der Waals surface area contributed by atoms with Gasteiger partial charge in [-0.15, -0.1) is 11.3 Å². The fraction of sp³-hybridized carbons (Fsp3) is 0.0909. The molecule has 0 bridgehead atoms. The Morgan fingerprint density at radius 3 is 2.71 bits per heavy atom. The van der Waals surface area contributed by atoms with Crippen LogP contribution in [0.2, 0.25) is 0 Å². The Bertz CT molecular complexity index is 1160. The Morgan fingerprint density at radius 1 is 1.14 bits per heavy atom. The summed E-state index contributed by atoms with van der Waals surface area (Å²) in [5, 5.41) is 2.87. The fourth-order valence-corrected chi connectivity index (χ4v) is 3.86. The number of halogens is 1. The third kappa shape index (κ3) is 3.87. The van der Waals surface area contributed by atoms with E-state index in [2.05, 4.69) is 10.3 Å². The summed E-state index contributed by atoms with van der Waals surface area (Å²) < 4.78 is 15.0. The Kier molecular flexibility index (Phi) is 5.04. The van der Waals surface area contributed by atoms with Gasteiger partial charge in [0.1, 0.15) is 11.6 Å². The number of benzene rings is 2. The van der Waals surface area contributed by atoms with Gasteiger partial charge in [-0.3, -0.25) is 4.79 Å². The average molecular weight is 391 g/mol. The number of fused-ring (bicyclic) bond motifs is 1. The number of carbonyl (C=O) groups excluding carboxylic acids is 1. The van der Waals surface area contributed by atoms with Crippen LogP contribution in [-0.2, 0) is 18.4 Å². The Hall–Kier alpha value is -3.25. The molecule has 0 radical (unpaired) electrons. The minimum absolute atomic E-state index is 0.177. The van der Waals surface area contributed by atoms with Crippen LogP contribution in [0.5, 0.6) is 0 Å². The number of nitrogens with one attached hydrogen (secondary N) is 1. The molecule has 0 aliphatic carbocycles. The summed E-state index contributed by atoms with van der Waals surface area (Å²) in [6.07, 6.45) is 3.30. The van der Waals surface area contributed by atoms with Crippen LogP contribution in [0.4, 0.5) is 4.39 Å². The molecule has 4 nitrogen and oxygen atoms in total. The van der Waals surface area contributed by atoms with E-state index in [0.29, 0.717) is 6.54 Å². The zero-order valence-electron chi connectivity index (χ0n) is 15.2. The highest BCUT2D eigenvalue weighted by Gasteiger charge is 2.07. The zero-order chi connectivity index (χ0) is 19.5. The summed E-state index contributed by atoms with van der Waals surface area (Å²) in [5.74, 6) is 0.374. The van der Waals surface area contributed by atoms with E-state index in [1.54, 1.807) is 29.5 Å². The second kappa shape index (κ2) is 7.78. The topological polar surface area (TPSA) is 46.9 Å². The molecule has 6 heteroatoms. The van der Waals surface area contributed by atoms with Crippen molar-refractivity contribution in [3.8, 4) is 10.4 Å². The van der Waals surface area contributed by atoms with Gasteiger partial charge in [0.25, 0.3) is 0 Å². The van der Waals surface area contributed by atoms with Gasteiger partial charge < -0.3 is 9.88 Å². The number of hydrogen-bond donors (Lipinski definition) is 1. The number of nitrogens with zero attached hydrogens (tertiary/aromatic N) is 2. The summed E-state index contributed by atoms with van der Waals surface area (Å²) in [6.45, 7) is 0.361. The number of rotatable bonds is 5. The Labute approximate surface area is 166 Å². The molecule has 0 aliphatic rings. The molecule has 0 atom stereocenters. The first-order valence-corrected chi connectivity index (χ1v) is 9.64. The first-order chi connectivity index (χ1) is 13.6. The number of amides is 1. The standard InChI is InChI=1S/C22H18FN3OS/c1-26-19-5-3-2-4-18(19)25-21(26)14-24-22(27)13-11-17-10-12-20(28-17)15-6-8-16(23)9-7-15/h2-13H,14H2,1H3,(H,24,27)/b13-11+. The summed E-state index contributed by atoms with van der Waals surface area (Å²) in [5.41, 5.74) is 2.91. The van der Waals surface area contributed by atoms with Crippen LogP contribution in [0.25, 0.3) is 27.6 Å². The van der Waals surface area contributed by atoms with Crippen molar-refractivity contribution < 1.29 is 9.18 Å². The first-order valence-electron chi connectivity index (χ1n) is 8.82. The maximum absolute atomic E-state index is 13.0. The summed E-state index contributed by atoms with van der Waals surface area (Å²) in [4.78, 5) is 18.7.